The summed E-state index contributed by atoms with van der Waals surface area (Å²) in [6, 6.07) is 10.6. The van der Waals surface area contributed by atoms with Crippen LogP contribution in [0.1, 0.15) is 17.4 Å². The number of aromatic nitrogens is 1. The second kappa shape index (κ2) is 6.36. The Morgan fingerprint density at radius 1 is 1.24 bits per heavy atom. The monoisotopic (exact) mass is 306 g/mol. The first-order valence-electron chi connectivity index (χ1n) is 6.24. The minimum Gasteiger partial charge on any atom is -0.494 e. The molecule has 21 heavy (non-hydrogen) atoms. The summed E-state index contributed by atoms with van der Waals surface area (Å²) in [4.78, 5) is 15.6. The maximum Gasteiger partial charge on any atom is 0.283 e. The molecule has 0 radical (unpaired) electrons. The molecule has 6 nitrogen and oxygen atoms in total. The van der Waals surface area contributed by atoms with Crippen molar-refractivity contribution in [1.29, 1.82) is 0 Å². The molecule has 1 heterocycles. The molecule has 0 spiro atoms. The maximum atomic E-state index is 12.2. The molecule has 0 aliphatic carbocycles. The van der Waals surface area contributed by atoms with E-state index >= 15 is 0 Å². The Kier molecular flexibility index (Phi) is 4.54. The molecule has 1 aromatic carbocycles. The molecule has 2 rings (SSSR count). The molecule has 0 fully saturated rings. The molecular weight excluding hydrogens is 292 g/mol. The Labute approximate surface area is 122 Å². The van der Waals surface area contributed by atoms with Gasteiger partial charge < -0.3 is 4.74 Å². The predicted molar refractivity (Wildman–Crippen MR) is 76.5 cm³/mol. The van der Waals surface area contributed by atoms with E-state index in [4.69, 9.17) is 4.74 Å². The van der Waals surface area contributed by atoms with Crippen LogP contribution < -0.4 is 9.46 Å². The topological polar surface area (TPSA) is 85.4 Å². The predicted octanol–water partition coefficient (Wildman–Crippen LogP) is 1.60. The number of hydrogen-bond donors (Lipinski definition) is 1. The van der Waals surface area contributed by atoms with Gasteiger partial charge >= 0.3 is 0 Å². The lowest BCUT2D eigenvalue weighted by Gasteiger charge is -2.08. The highest BCUT2D eigenvalue weighted by Gasteiger charge is 2.19. The molecule has 110 valence electrons. The summed E-state index contributed by atoms with van der Waals surface area (Å²) >= 11 is 0. The fourth-order valence-corrected chi connectivity index (χ4v) is 2.62. The van der Waals surface area contributed by atoms with Crippen LogP contribution in [0.3, 0.4) is 0 Å². The van der Waals surface area contributed by atoms with Crippen LogP contribution in [0.25, 0.3) is 0 Å². The zero-order chi connectivity index (χ0) is 15.3. The smallest absolute Gasteiger partial charge is 0.283 e. The second-order valence-electron chi connectivity index (χ2n) is 4.06. The van der Waals surface area contributed by atoms with Crippen LogP contribution in [0.5, 0.6) is 5.75 Å². The summed E-state index contributed by atoms with van der Waals surface area (Å²) in [5, 5.41) is 0. The SMILES string of the molecule is CCOc1cccc(S(=O)(=O)NC(=O)c2ccccn2)c1. The fourth-order valence-electron chi connectivity index (χ4n) is 1.63. The van der Waals surface area contributed by atoms with Crippen molar-refractivity contribution >= 4 is 15.9 Å². The molecule has 0 bridgehead atoms. The number of carbonyl (C=O) groups is 1. The Morgan fingerprint density at radius 3 is 2.71 bits per heavy atom. The number of hydrogen-bond acceptors (Lipinski definition) is 5. The van der Waals surface area contributed by atoms with Crippen molar-refractivity contribution in [3.8, 4) is 5.75 Å². The van der Waals surface area contributed by atoms with Gasteiger partial charge in [0.1, 0.15) is 11.4 Å². The van der Waals surface area contributed by atoms with Crippen molar-refractivity contribution < 1.29 is 17.9 Å². The first-order chi connectivity index (χ1) is 10.0. The maximum absolute atomic E-state index is 12.2. The van der Waals surface area contributed by atoms with Crippen molar-refractivity contribution in [2.75, 3.05) is 6.61 Å². The van der Waals surface area contributed by atoms with Crippen LogP contribution in [-0.4, -0.2) is 25.9 Å². The van der Waals surface area contributed by atoms with Gasteiger partial charge in [-0.15, -0.1) is 0 Å². The summed E-state index contributed by atoms with van der Waals surface area (Å²) in [5.74, 6) is -0.358. The third kappa shape index (κ3) is 3.79. The Bertz CT molecular complexity index is 730. The number of benzene rings is 1. The largest absolute Gasteiger partial charge is 0.494 e. The first-order valence-corrected chi connectivity index (χ1v) is 7.72. The highest BCUT2D eigenvalue weighted by atomic mass is 32.2. The summed E-state index contributed by atoms with van der Waals surface area (Å²) in [6.07, 6.45) is 1.41. The molecule has 0 aliphatic rings. The highest BCUT2D eigenvalue weighted by molar-refractivity contribution is 7.90. The molecular formula is C14H14N2O4S. The van der Waals surface area contributed by atoms with Gasteiger partial charge in [0.05, 0.1) is 11.5 Å². The fraction of sp³-hybridized carbons (Fsp3) is 0.143. The highest BCUT2D eigenvalue weighted by Crippen LogP contribution is 2.17. The molecule has 0 atom stereocenters. The van der Waals surface area contributed by atoms with E-state index in [1.807, 2.05) is 4.72 Å². The van der Waals surface area contributed by atoms with E-state index in [0.29, 0.717) is 12.4 Å². The number of nitrogens with zero attached hydrogens (tertiary/aromatic N) is 1. The zero-order valence-corrected chi connectivity index (χ0v) is 12.1. The van der Waals surface area contributed by atoms with Crippen LogP contribution in [0.4, 0.5) is 0 Å². The minimum atomic E-state index is -3.97. The van der Waals surface area contributed by atoms with Gasteiger partial charge in [0.2, 0.25) is 0 Å². The van der Waals surface area contributed by atoms with Gasteiger partial charge in [-0.25, -0.2) is 13.1 Å². The lowest BCUT2D eigenvalue weighted by molar-refractivity contribution is 0.0976. The minimum absolute atomic E-state index is 0.0297. The Hall–Kier alpha value is -2.41. The lowest BCUT2D eigenvalue weighted by atomic mass is 10.3. The molecule has 1 amide bonds. The zero-order valence-electron chi connectivity index (χ0n) is 11.3. The van der Waals surface area contributed by atoms with Gasteiger partial charge in [0.25, 0.3) is 15.9 Å². The summed E-state index contributed by atoms with van der Waals surface area (Å²) in [5.41, 5.74) is 0.0297. The van der Waals surface area contributed by atoms with Crippen LogP contribution in [0, 0.1) is 0 Å². The van der Waals surface area contributed by atoms with Crippen LogP contribution in [0.2, 0.25) is 0 Å². The Balaban J connectivity index is 2.22. The van der Waals surface area contributed by atoms with Gasteiger partial charge in [-0.05, 0) is 31.2 Å². The number of pyridine rings is 1. The van der Waals surface area contributed by atoms with E-state index < -0.39 is 15.9 Å². The van der Waals surface area contributed by atoms with Crippen LogP contribution >= 0.6 is 0 Å². The molecule has 1 N–H and O–H groups in total. The number of ether oxygens (including phenoxy) is 1. The van der Waals surface area contributed by atoms with Crippen LogP contribution in [-0.2, 0) is 10.0 Å². The van der Waals surface area contributed by atoms with Gasteiger partial charge in [-0.2, -0.15) is 0 Å². The third-order valence-corrected chi connectivity index (χ3v) is 3.88. The Morgan fingerprint density at radius 2 is 2.05 bits per heavy atom. The van der Waals surface area contributed by atoms with Crippen molar-refractivity contribution in [3.63, 3.8) is 0 Å². The average molecular weight is 306 g/mol. The van der Waals surface area contributed by atoms with Gasteiger partial charge in [0, 0.05) is 12.3 Å². The molecule has 0 aliphatic heterocycles. The number of rotatable bonds is 5. The van der Waals surface area contributed by atoms with Gasteiger partial charge in [-0.3, -0.25) is 9.78 Å². The van der Waals surface area contributed by atoms with Gasteiger partial charge in [0.15, 0.2) is 0 Å². The van der Waals surface area contributed by atoms with Crippen LogP contribution in [0.15, 0.2) is 53.6 Å². The number of amides is 1. The molecule has 1 aromatic heterocycles. The van der Waals surface area contributed by atoms with E-state index in [1.165, 1.54) is 24.4 Å². The number of sulfonamides is 1. The van der Waals surface area contributed by atoms with E-state index in [-0.39, 0.29) is 10.6 Å². The normalized spacial score (nSPS) is 10.9. The van der Waals surface area contributed by atoms with Crippen molar-refractivity contribution in [2.24, 2.45) is 0 Å². The van der Waals surface area contributed by atoms with E-state index in [9.17, 15) is 13.2 Å². The number of carbonyl (C=O) groups excluding carboxylic acids is 1. The number of nitrogens with one attached hydrogen (secondary N) is 1. The van der Waals surface area contributed by atoms with Crippen molar-refractivity contribution in [2.45, 2.75) is 11.8 Å². The van der Waals surface area contributed by atoms with Crippen molar-refractivity contribution in [1.82, 2.24) is 9.71 Å². The average Bonchev–Trinajstić information content (AvgIpc) is 2.48. The molecule has 0 saturated heterocycles. The van der Waals surface area contributed by atoms with Crippen molar-refractivity contribution in [3.05, 3.63) is 54.4 Å². The quantitative estimate of drug-likeness (QED) is 0.907. The summed E-state index contributed by atoms with van der Waals surface area (Å²) < 4.78 is 31.5. The first kappa shape index (κ1) is 15.0. The van der Waals surface area contributed by atoms with E-state index in [1.54, 1.807) is 31.2 Å². The summed E-state index contributed by atoms with van der Waals surface area (Å²) in [6.45, 7) is 2.22. The molecule has 0 saturated carbocycles. The van der Waals surface area contributed by atoms with E-state index in [2.05, 4.69) is 4.98 Å². The summed E-state index contributed by atoms with van der Waals surface area (Å²) in [7, 11) is -3.97. The molecule has 0 unspecified atom stereocenters. The molecule has 2 aromatic rings. The second-order valence-corrected chi connectivity index (χ2v) is 5.74. The molecule has 7 heteroatoms. The standard InChI is InChI=1S/C14H14N2O4S/c1-2-20-11-6-5-7-12(10-11)21(18,19)16-14(17)13-8-3-4-9-15-13/h3-10H,2H2,1H3,(H,16,17). The van der Waals surface area contributed by atoms with E-state index in [0.717, 1.165) is 0 Å². The van der Waals surface area contributed by atoms with Gasteiger partial charge in [-0.1, -0.05) is 12.1 Å². The lowest BCUT2D eigenvalue weighted by Crippen LogP contribution is -2.31. The third-order valence-electron chi connectivity index (χ3n) is 2.55.